The number of fused-ring (bicyclic) bond motifs is 1. The van der Waals surface area contributed by atoms with E-state index >= 15 is 0 Å². The molecule has 0 bridgehead atoms. The number of nitrogens with one attached hydrogen (secondary N) is 1. The molecule has 0 aliphatic rings. The van der Waals surface area contributed by atoms with Gasteiger partial charge in [0, 0.05) is 13.1 Å². The molecule has 9 heteroatoms. The zero-order valence-corrected chi connectivity index (χ0v) is 14.0. The molecule has 0 saturated carbocycles. The van der Waals surface area contributed by atoms with Crippen molar-refractivity contribution in [2.75, 3.05) is 11.9 Å². The Kier molecular flexibility index (Phi) is 4.50. The van der Waals surface area contributed by atoms with Crippen LogP contribution in [0.25, 0.3) is 17.0 Å². The second-order valence-corrected chi connectivity index (χ2v) is 5.83. The number of nitrogens with zero attached hydrogens (tertiary/aromatic N) is 7. The Morgan fingerprint density at radius 3 is 2.65 bits per heavy atom. The Morgan fingerprint density at radius 2 is 1.81 bits per heavy atom. The van der Waals surface area contributed by atoms with Crippen LogP contribution in [0.3, 0.4) is 0 Å². The van der Waals surface area contributed by atoms with Crippen LogP contribution in [0, 0.1) is 5.82 Å². The number of hydrogen-bond acceptors (Lipinski definition) is 6. The Hall–Kier alpha value is -3.36. The van der Waals surface area contributed by atoms with Gasteiger partial charge in [0.1, 0.15) is 24.3 Å². The van der Waals surface area contributed by atoms with E-state index in [9.17, 15) is 4.39 Å². The largest absolute Gasteiger partial charge is 0.369 e. The van der Waals surface area contributed by atoms with Gasteiger partial charge in [0.05, 0.1) is 5.56 Å². The summed E-state index contributed by atoms with van der Waals surface area (Å²) < 4.78 is 17.5. The minimum Gasteiger partial charge on any atom is -0.369 e. The smallest absolute Gasteiger partial charge is 0.188 e. The van der Waals surface area contributed by atoms with E-state index in [4.69, 9.17) is 0 Å². The van der Waals surface area contributed by atoms with Crippen molar-refractivity contribution >= 4 is 11.5 Å². The van der Waals surface area contributed by atoms with Crippen LogP contribution in [0.5, 0.6) is 0 Å². The van der Waals surface area contributed by atoms with Crippen molar-refractivity contribution in [3.05, 3.63) is 54.9 Å². The zero-order chi connectivity index (χ0) is 17.8. The van der Waals surface area contributed by atoms with E-state index in [-0.39, 0.29) is 5.82 Å². The monoisotopic (exact) mass is 352 g/mol. The van der Waals surface area contributed by atoms with Gasteiger partial charge in [-0.25, -0.2) is 4.39 Å². The summed E-state index contributed by atoms with van der Waals surface area (Å²) in [6, 6.07) is 10.1. The quantitative estimate of drug-likeness (QED) is 0.514. The minimum atomic E-state index is -0.351. The third-order valence-electron chi connectivity index (χ3n) is 3.99. The van der Waals surface area contributed by atoms with Crippen molar-refractivity contribution in [2.45, 2.75) is 19.4 Å². The Morgan fingerprint density at radius 1 is 0.962 bits per heavy atom. The highest BCUT2D eigenvalue weighted by atomic mass is 19.1. The topological polar surface area (TPSA) is 85.8 Å². The molecule has 0 unspecified atom stereocenters. The SMILES string of the molecule is Fc1ccccc1-c1nnc2ccc(NCCCCn3cnnc3)nn12. The average Bonchev–Trinajstić information content (AvgIpc) is 3.31. The van der Waals surface area contributed by atoms with E-state index in [2.05, 4.69) is 30.8 Å². The Bertz CT molecular complexity index is 995. The number of benzene rings is 1. The highest BCUT2D eigenvalue weighted by Gasteiger charge is 2.13. The molecule has 3 heterocycles. The summed E-state index contributed by atoms with van der Waals surface area (Å²) in [6.07, 6.45) is 5.39. The van der Waals surface area contributed by atoms with E-state index in [0.29, 0.717) is 22.9 Å². The van der Waals surface area contributed by atoms with E-state index < -0.39 is 0 Å². The van der Waals surface area contributed by atoms with Gasteiger partial charge in [0.15, 0.2) is 11.5 Å². The molecule has 1 N–H and O–H groups in total. The number of unbranched alkanes of at least 4 members (excludes halogenated alkanes) is 1. The van der Waals surface area contributed by atoms with Crippen LogP contribution >= 0.6 is 0 Å². The van der Waals surface area contributed by atoms with E-state index in [1.807, 2.05) is 16.7 Å². The fraction of sp³-hybridized carbons (Fsp3) is 0.235. The molecule has 26 heavy (non-hydrogen) atoms. The molecule has 4 aromatic rings. The number of aryl methyl sites for hydroxylation is 1. The van der Waals surface area contributed by atoms with Gasteiger partial charge >= 0.3 is 0 Å². The molecule has 0 fully saturated rings. The van der Waals surface area contributed by atoms with Gasteiger partial charge in [0.2, 0.25) is 0 Å². The number of anilines is 1. The first-order valence-corrected chi connectivity index (χ1v) is 8.35. The fourth-order valence-electron chi connectivity index (χ4n) is 2.67. The van der Waals surface area contributed by atoms with Crippen LogP contribution in [0.15, 0.2) is 49.1 Å². The first-order valence-electron chi connectivity index (χ1n) is 8.35. The summed E-state index contributed by atoms with van der Waals surface area (Å²) in [7, 11) is 0. The highest BCUT2D eigenvalue weighted by Crippen LogP contribution is 2.21. The van der Waals surface area contributed by atoms with Crippen molar-refractivity contribution in [3.8, 4) is 11.4 Å². The van der Waals surface area contributed by atoms with Gasteiger partial charge < -0.3 is 9.88 Å². The molecule has 4 rings (SSSR count). The molecule has 132 valence electrons. The molecular weight excluding hydrogens is 335 g/mol. The molecule has 0 atom stereocenters. The number of rotatable bonds is 7. The maximum atomic E-state index is 14.0. The zero-order valence-electron chi connectivity index (χ0n) is 14.0. The van der Waals surface area contributed by atoms with Gasteiger partial charge in [-0.05, 0) is 37.1 Å². The molecule has 0 saturated heterocycles. The minimum absolute atomic E-state index is 0.351. The van der Waals surface area contributed by atoms with Gasteiger partial charge in [0.25, 0.3) is 0 Å². The third-order valence-corrected chi connectivity index (χ3v) is 3.99. The normalized spacial score (nSPS) is 11.1. The molecule has 8 nitrogen and oxygen atoms in total. The summed E-state index contributed by atoms with van der Waals surface area (Å²) in [5, 5.41) is 23.5. The third kappa shape index (κ3) is 3.37. The Labute approximate surface area is 148 Å². The molecule has 3 aromatic heterocycles. The summed E-state index contributed by atoms with van der Waals surface area (Å²) in [4.78, 5) is 0. The molecule has 0 radical (unpaired) electrons. The van der Waals surface area contributed by atoms with E-state index in [0.717, 1.165) is 25.9 Å². The standard InChI is InChI=1S/C17H17FN8/c18-14-6-2-1-5-13(14)17-23-22-16-8-7-15(24-26(16)17)19-9-3-4-10-25-11-20-21-12-25/h1-2,5-8,11-12H,3-4,9-10H2,(H,19,24). The second-order valence-electron chi connectivity index (χ2n) is 5.83. The predicted molar refractivity (Wildman–Crippen MR) is 93.9 cm³/mol. The molecule has 1 aromatic carbocycles. The molecular formula is C17H17FN8. The number of halogens is 1. The molecule has 0 amide bonds. The van der Waals surface area contributed by atoms with E-state index in [1.165, 1.54) is 6.07 Å². The molecule has 0 aliphatic carbocycles. The summed E-state index contributed by atoms with van der Waals surface area (Å²) >= 11 is 0. The van der Waals surface area contributed by atoms with Gasteiger partial charge in [-0.15, -0.1) is 25.5 Å². The lowest BCUT2D eigenvalue weighted by atomic mass is 10.2. The summed E-state index contributed by atoms with van der Waals surface area (Å²) in [5.41, 5.74) is 0.944. The lowest BCUT2D eigenvalue weighted by Crippen LogP contribution is -2.07. The Balaban J connectivity index is 1.43. The van der Waals surface area contributed by atoms with Gasteiger partial charge in [-0.1, -0.05) is 12.1 Å². The van der Waals surface area contributed by atoms with Crippen LogP contribution in [0.1, 0.15) is 12.8 Å². The van der Waals surface area contributed by atoms with Crippen LogP contribution in [-0.4, -0.2) is 41.1 Å². The second kappa shape index (κ2) is 7.26. The van der Waals surface area contributed by atoms with Gasteiger partial charge in [-0.3, -0.25) is 0 Å². The summed E-state index contributed by atoms with van der Waals surface area (Å²) in [6.45, 7) is 1.65. The molecule has 0 aliphatic heterocycles. The van der Waals surface area contributed by atoms with Crippen molar-refractivity contribution < 1.29 is 4.39 Å². The van der Waals surface area contributed by atoms with Crippen molar-refractivity contribution in [3.63, 3.8) is 0 Å². The molecule has 0 spiro atoms. The van der Waals surface area contributed by atoms with E-state index in [1.54, 1.807) is 35.4 Å². The van der Waals surface area contributed by atoms with Crippen molar-refractivity contribution in [1.29, 1.82) is 0 Å². The lowest BCUT2D eigenvalue weighted by Gasteiger charge is -2.07. The first kappa shape index (κ1) is 16.1. The number of aromatic nitrogens is 7. The first-order chi connectivity index (χ1) is 12.8. The van der Waals surface area contributed by atoms with Crippen LogP contribution in [0.2, 0.25) is 0 Å². The summed E-state index contributed by atoms with van der Waals surface area (Å²) in [5.74, 6) is 0.726. The highest BCUT2D eigenvalue weighted by molar-refractivity contribution is 5.60. The number of hydrogen-bond donors (Lipinski definition) is 1. The predicted octanol–water partition coefficient (Wildman–Crippen LogP) is 2.41. The maximum Gasteiger partial charge on any atom is 0.188 e. The van der Waals surface area contributed by atoms with Crippen LogP contribution in [-0.2, 0) is 6.54 Å². The lowest BCUT2D eigenvalue weighted by molar-refractivity contribution is 0.619. The van der Waals surface area contributed by atoms with Gasteiger partial charge in [-0.2, -0.15) is 4.52 Å². The fourth-order valence-corrected chi connectivity index (χ4v) is 2.67. The van der Waals surface area contributed by atoms with Crippen molar-refractivity contribution in [2.24, 2.45) is 0 Å². The maximum absolute atomic E-state index is 14.0. The van der Waals surface area contributed by atoms with Crippen molar-refractivity contribution in [1.82, 2.24) is 34.6 Å². The van der Waals surface area contributed by atoms with Crippen LogP contribution < -0.4 is 5.32 Å². The average molecular weight is 352 g/mol. The van der Waals surface area contributed by atoms with Crippen LogP contribution in [0.4, 0.5) is 10.2 Å².